The molecule has 2 N–H and O–H groups in total. The highest BCUT2D eigenvalue weighted by atomic mass is 79.9. The number of hydrogen-bond acceptors (Lipinski definition) is 4. The van der Waals surface area contributed by atoms with Gasteiger partial charge >= 0.3 is 5.97 Å². The van der Waals surface area contributed by atoms with E-state index >= 15 is 0 Å². The fourth-order valence-electron chi connectivity index (χ4n) is 5.23. The molecule has 0 radical (unpaired) electrons. The van der Waals surface area contributed by atoms with Crippen LogP contribution < -0.4 is 5.32 Å². The van der Waals surface area contributed by atoms with E-state index in [-0.39, 0.29) is 33.7 Å². The highest BCUT2D eigenvalue weighted by molar-refractivity contribution is 9.10. The van der Waals surface area contributed by atoms with Gasteiger partial charge in [-0.25, -0.2) is 13.2 Å². The highest BCUT2D eigenvalue weighted by Crippen LogP contribution is 2.46. The molecule has 36 heavy (non-hydrogen) atoms. The SMILES string of the molecule is O=C(Nc1ccc(Br)cc1C(=O)O)c1ccc(S(=O)(=O)N2CC[C@H]3c4c(Br)cccc4CC[C@H]32)cc1. The van der Waals surface area contributed by atoms with Crippen LogP contribution >= 0.6 is 31.9 Å². The Morgan fingerprint density at radius 2 is 1.75 bits per heavy atom. The number of aromatic carboxylic acids is 1. The molecule has 2 aliphatic rings. The second-order valence-corrected chi connectivity index (χ2v) is 12.6. The van der Waals surface area contributed by atoms with E-state index in [2.05, 4.69) is 43.2 Å². The zero-order valence-corrected chi connectivity index (χ0v) is 22.9. The molecule has 0 unspecified atom stereocenters. The molecule has 1 aliphatic carbocycles. The van der Waals surface area contributed by atoms with Gasteiger partial charge in [-0.15, -0.1) is 0 Å². The van der Waals surface area contributed by atoms with Crippen molar-refractivity contribution in [2.24, 2.45) is 0 Å². The molecule has 0 spiro atoms. The van der Waals surface area contributed by atoms with Crippen molar-refractivity contribution in [3.8, 4) is 0 Å². The van der Waals surface area contributed by atoms with Gasteiger partial charge in [0.25, 0.3) is 5.91 Å². The monoisotopic (exact) mass is 632 g/mol. The Balaban J connectivity index is 1.35. The number of nitrogens with zero attached hydrogens (tertiary/aromatic N) is 1. The summed E-state index contributed by atoms with van der Waals surface area (Å²) in [5.41, 5.74) is 2.81. The Morgan fingerprint density at radius 1 is 1.00 bits per heavy atom. The van der Waals surface area contributed by atoms with Gasteiger partial charge in [0.15, 0.2) is 0 Å². The Hall–Kier alpha value is -2.53. The Kier molecular flexibility index (Phi) is 6.80. The first-order valence-corrected chi connectivity index (χ1v) is 14.4. The molecule has 1 heterocycles. The number of anilines is 1. The molecule has 7 nitrogen and oxygen atoms in total. The van der Waals surface area contributed by atoms with E-state index in [4.69, 9.17) is 0 Å². The third kappa shape index (κ3) is 4.51. The lowest BCUT2D eigenvalue weighted by atomic mass is 9.80. The first-order valence-electron chi connectivity index (χ1n) is 11.4. The second-order valence-electron chi connectivity index (χ2n) is 8.90. The largest absolute Gasteiger partial charge is 0.478 e. The van der Waals surface area contributed by atoms with E-state index in [0.717, 1.165) is 23.7 Å². The number of fused-ring (bicyclic) bond motifs is 3. The van der Waals surface area contributed by atoms with Crippen LogP contribution in [0.2, 0.25) is 0 Å². The lowest BCUT2D eigenvalue weighted by Crippen LogP contribution is -2.39. The van der Waals surface area contributed by atoms with Crippen LogP contribution in [-0.2, 0) is 16.4 Å². The number of rotatable bonds is 5. The smallest absolute Gasteiger partial charge is 0.337 e. The molecule has 0 bridgehead atoms. The van der Waals surface area contributed by atoms with Crippen molar-refractivity contribution in [1.82, 2.24) is 4.31 Å². The maximum Gasteiger partial charge on any atom is 0.337 e. The maximum absolute atomic E-state index is 13.6. The van der Waals surface area contributed by atoms with E-state index in [9.17, 15) is 23.1 Å². The number of hydrogen-bond donors (Lipinski definition) is 2. The minimum atomic E-state index is -3.75. The van der Waals surface area contributed by atoms with Gasteiger partial charge in [-0.05, 0) is 78.9 Å². The van der Waals surface area contributed by atoms with Crippen LogP contribution in [0, 0.1) is 0 Å². The molecule has 1 fully saturated rings. The standard InChI is InChI=1S/C26H22Br2N2O5S/c27-17-7-10-22(20(14-17)26(32)33)29-25(31)16-4-8-18(9-5-16)36(34,35)30-13-12-19-23(30)11-6-15-2-1-3-21(28)24(15)19/h1-5,7-10,14,19,23H,6,11-13H2,(H,29,31)(H,32,33)/t19-,23-/m1/s1. The molecule has 1 saturated heterocycles. The van der Waals surface area contributed by atoms with Gasteiger partial charge in [0, 0.05) is 33.0 Å². The first kappa shape index (κ1) is 25.1. The van der Waals surface area contributed by atoms with Crippen molar-refractivity contribution >= 4 is 59.4 Å². The summed E-state index contributed by atoms with van der Waals surface area (Å²) in [6.45, 7) is 0.447. The van der Waals surface area contributed by atoms with Crippen LogP contribution in [0.15, 0.2) is 74.5 Å². The Labute approximate surface area is 225 Å². The summed E-state index contributed by atoms with van der Waals surface area (Å²) in [6.07, 6.45) is 2.36. The predicted molar refractivity (Wildman–Crippen MR) is 143 cm³/mol. The molecule has 3 aromatic carbocycles. The van der Waals surface area contributed by atoms with Gasteiger partial charge < -0.3 is 10.4 Å². The number of carbonyl (C=O) groups is 2. The quantitative estimate of drug-likeness (QED) is 0.378. The lowest BCUT2D eigenvalue weighted by Gasteiger charge is -2.33. The maximum atomic E-state index is 13.6. The minimum Gasteiger partial charge on any atom is -0.478 e. The molecule has 3 aromatic rings. The number of carboxylic acids is 1. The fourth-order valence-corrected chi connectivity index (χ4v) is 8.00. The number of nitrogens with one attached hydrogen (secondary N) is 1. The molecular formula is C26H22Br2N2O5S. The van der Waals surface area contributed by atoms with Crippen molar-refractivity contribution in [2.45, 2.75) is 36.1 Å². The van der Waals surface area contributed by atoms with E-state index in [1.54, 1.807) is 10.4 Å². The molecule has 0 saturated carbocycles. The van der Waals surface area contributed by atoms with Gasteiger partial charge in [-0.1, -0.05) is 44.0 Å². The molecule has 0 aromatic heterocycles. The zero-order chi connectivity index (χ0) is 25.6. The van der Waals surface area contributed by atoms with E-state index < -0.39 is 21.9 Å². The zero-order valence-electron chi connectivity index (χ0n) is 18.9. The first-order chi connectivity index (χ1) is 17.2. The third-order valence-corrected chi connectivity index (χ3v) is 10.0. The van der Waals surface area contributed by atoms with Crippen molar-refractivity contribution in [2.75, 3.05) is 11.9 Å². The van der Waals surface area contributed by atoms with Gasteiger partial charge in [-0.3, -0.25) is 4.79 Å². The average Bonchev–Trinajstić information content (AvgIpc) is 3.30. The summed E-state index contributed by atoms with van der Waals surface area (Å²) in [5.74, 6) is -1.55. The third-order valence-electron chi connectivity index (χ3n) is 6.90. The topological polar surface area (TPSA) is 104 Å². The summed E-state index contributed by atoms with van der Waals surface area (Å²) >= 11 is 6.88. The number of halogens is 2. The van der Waals surface area contributed by atoms with Crippen molar-refractivity contribution in [1.29, 1.82) is 0 Å². The minimum absolute atomic E-state index is 0.0544. The molecule has 10 heteroatoms. The molecule has 5 rings (SSSR count). The van der Waals surface area contributed by atoms with Crippen LogP contribution in [0.1, 0.15) is 50.6 Å². The number of benzene rings is 3. The Bertz CT molecular complexity index is 1470. The normalized spacial score (nSPS) is 19.4. The number of carboxylic acid groups (broad SMARTS) is 1. The van der Waals surface area contributed by atoms with Crippen molar-refractivity contribution in [3.05, 3.63) is 91.9 Å². The van der Waals surface area contributed by atoms with E-state index in [1.165, 1.54) is 47.5 Å². The van der Waals surface area contributed by atoms with Gasteiger partial charge in [0.2, 0.25) is 10.0 Å². The summed E-state index contributed by atoms with van der Waals surface area (Å²) in [4.78, 5) is 24.4. The predicted octanol–water partition coefficient (Wildman–Crippen LogP) is 5.66. The van der Waals surface area contributed by atoms with Crippen LogP contribution in [0.25, 0.3) is 0 Å². The lowest BCUT2D eigenvalue weighted by molar-refractivity contribution is 0.0698. The molecule has 1 amide bonds. The van der Waals surface area contributed by atoms with Gasteiger partial charge in [-0.2, -0.15) is 4.31 Å². The van der Waals surface area contributed by atoms with E-state index in [1.807, 2.05) is 12.1 Å². The van der Waals surface area contributed by atoms with Crippen LogP contribution in [0.5, 0.6) is 0 Å². The van der Waals surface area contributed by atoms with E-state index in [0.29, 0.717) is 11.0 Å². The van der Waals surface area contributed by atoms with Gasteiger partial charge in [0.05, 0.1) is 16.1 Å². The highest BCUT2D eigenvalue weighted by Gasteiger charge is 2.45. The van der Waals surface area contributed by atoms with Crippen LogP contribution in [-0.4, -0.2) is 42.3 Å². The summed E-state index contributed by atoms with van der Waals surface area (Å²) in [5, 5.41) is 12.0. The molecule has 1 aliphatic heterocycles. The number of amides is 1. The molecule has 2 atom stereocenters. The van der Waals surface area contributed by atoms with Crippen LogP contribution in [0.4, 0.5) is 5.69 Å². The molecule has 186 valence electrons. The summed E-state index contributed by atoms with van der Waals surface area (Å²) in [7, 11) is -3.75. The Morgan fingerprint density at radius 3 is 2.47 bits per heavy atom. The summed E-state index contributed by atoms with van der Waals surface area (Å²) < 4.78 is 30.3. The van der Waals surface area contributed by atoms with Gasteiger partial charge in [0.1, 0.15) is 0 Å². The summed E-state index contributed by atoms with van der Waals surface area (Å²) in [6, 6.07) is 16.3. The van der Waals surface area contributed by atoms with Crippen LogP contribution in [0.3, 0.4) is 0 Å². The number of sulfonamides is 1. The second kappa shape index (κ2) is 9.74. The fraction of sp³-hybridized carbons (Fsp3) is 0.231. The number of carbonyl (C=O) groups excluding carboxylic acids is 1. The number of aryl methyl sites for hydroxylation is 1. The van der Waals surface area contributed by atoms with Crippen molar-refractivity contribution in [3.63, 3.8) is 0 Å². The molecular weight excluding hydrogens is 612 g/mol. The average molecular weight is 634 g/mol. The van der Waals surface area contributed by atoms with Crippen molar-refractivity contribution < 1.29 is 23.1 Å².